The maximum absolute atomic E-state index is 12.0. The average molecular weight is 330 g/mol. The van der Waals surface area contributed by atoms with Crippen molar-refractivity contribution >= 4 is 11.8 Å². The summed E-state index contributed by atoms with van der Waals surface area (Å²) in [4.78, 5) is 23.9. The van der Waals surface area contributed by atoms with Gasteiger partial charge in [0.2, 0.25) is 0 Å². The van der Waals surface area contributed by atoms with E-state index >= 15 is 0 Å². The van der Waals surface area contributed by atoms with Gasteiger partial charge in [-0.2, -0.15) is 0 Å². The van der Waals surface area contributed by atoms with Gasteiger partial charge in [0.05, 0.1) is 19.4 Å². The first kappa shape index (κ1) is 17.7. The molecule has 0 fully saturated rings. The Hall–Kier alpha value is -2.60. The van der Waals surface area contributed by atoms with E-state index in [2.05, 4.69) is 10.6 Å². The third kappa shape index (κ3) is 4.23. The summed E-state index contributed by atoms with van der Waals surface area (Å²) >= 11 is 0. The van der Waals surface area contributed by atoms with Crippen molar-refractivity contribution in [2.24, 2.45) is 0 Å². The lowest BCUT2D eigenvalue weighted by molar-refractivity contribution is -0.140. The molecule has 0 bridgehead atoms. The lowest BCUT2D eigenvalue weighted by Crippen LogP contribution is -2.46. The third-order valence-electron chi connectivity index (χ3n) is 4.01. The number of furan rings is 1. The fourth-order valence-corrected chi connectivity index (χ4v) is 2.47. The maximum atomic E-state index is 12.0. The smallest absolute Gasteiger partial charge is 0.309 e. The summed E-state index contributed by atoms with van der Waals surface area (Å²) < 4.78 is 10.8. The molecule has 0 saturated carbocycles. The van der Waals surface area contributed by atoms with E-state index in [1.54, 1.807) is 19.2 Å². The predicted octanol–water partition coefficient (Wildman–Crippen LogP) is 1.96. The zero-order valence-electron chi connectivity index (χ0n) is 13.9. The van der Waals surface area contributed by atoms with Crippen LogP contribution in [0.25, 0.3) is 0 Å². The molecule has 0 aliphatic heterocycles. The van der Waals surface area contributed by atoms with Crippen molar-refractivity contribution in [1.82, 2.24) is 10.6 Å². The van der Waals surface area contributed by atoms with Crippen molar-refractivity contribution < 1.29 is 18.7 Å². The lowest BCUT2D eigenvalue weighted by atomic mass is 9.90. The lowest BCUT2D eigenvalue weighted by Gasteiger charge is -2.32. The Morgan fingerprint density at radius 3 is 2.38 bits per heavy atom. The summed E-state index contributed by atoms with van der Waals surface area (Å²) in [5.41, 5.74) is 0.282. The molecule has 24 heavy (non-hydrogen) atoms. The minimum atomic E-state index is -0.708. The zero-order valence-corrected chi connectivity index (χ0v) is 13.9. The van der Waals surface area contributed by atoms with Gasteiger partial charge in [-0.05, 0) is 24.1 Å². The van der Waals surface area contributed by atoms with Crippen LogP contribution in [0, 0.1) is 0 Å². The molecule has 1 aromatic heterocycles. The van der Waals surface area contributed by atoms with Gasteiger partial charge in [0.15, 0.2) is 0 Å². The van der Waals surface area contributed by atoms with Crippen molar-refractivity contribution in [3.8, 4) is 0 Å². The highest BCUT2D eigenvalue weighted by Gasteiger charge is 2.31. The van der Waals surface area contributed by atoms with Gasteiger partial charge < -0.3 is 19.8 Å². The Labute approximate surface area is 141 Å². The van der Waals surface area contributed by atoms with Crippen molar-refractivity contribution in [2.45, 2.75) is 25.5 Å². The number of carbonyl (C=O) groups is 2. The molecule has 6 heteroatoms. The van der Waals surface area contributed by atoms with Gasteiger partial charge in [0.25, 0.3) is 0 Å². The Balaban J connectivity index is 1.93. The van der Waals surface area contributed by atoms with Crippen LogP contribution in [-0.2, 0) is 26.5 Å². The largest absolute Gasteiger partial charge is 0.467 e. The molecule has 0 radical (unpaired) electrons. The molecule has 0 aliphatic carbocycles. The highest BCUT2D eigenvalue weighted by molar-refractivity contribution is 6.35. The SMILES string of the molecule is CC[C@@](CNC(=O)C(=O)NCc1ccco1)(OC)c1ccccc1. The van der Waals surface area contributed by atoms with Gasteiger partial charge >= 0.3 is 11.8 Å². The average Bonchev–Trinajstić information content (AvgIpc) is 3.15. The molecule has 0 aliphatic rings. The van der Waals surface area contributed by atoms with Crippen LogP contribution in [0.2, 0.25) is 0 Å². The molecule has 0 unspecified atom stereocenters. The summed E-state index contributed by atoms with van der Waals surface area (Å²) in [5.74, 6) is -0.826. The second-order valence-electron chi connectivity index (χ2n) is 5.36. The monoisotopic (exact) mass is 330 g/mol. The van der Waals surface area contributed by atoms with Crippen LogP contribution in [0.5, 0.6) is 0 Å². The predicted molar refractivity (Wildman–Crippen MR) is 89.0 cm³/mol. The maximum Gasteiger partial charge on any atom is 0.309 e. The van der Waals surface area contributed by atoms with Crippen LogP contribution in [0.1, 0.15) is 24.7 Å². The van der Waals surface area contributed by atoms with Crippen LogP contribution in [-0.4, -0.2) is 25.5 Å². The highest BCUT2D eigenvalue weighted by atomic mass is 16.5. The van der Waals surface area contributed by atoms with Gasteiger partial charge in [-0.1, -0.05) is 37.3 Å². The van der Waals surface area contributed by atoms with Crippen molar-refractivity contribution in [3.05, 3.63) is 60.1 Å². The summed E-state index contributed by atoms with van der Waals surface area (Å²) in [5, 5.41) is 5.16. The number of methoxy groups -OCH3 is 1. The van der Waals surface area contributed by atoms with Crippen LogP contribution in [0.15, 0.2) is 53.1 Å². The molecule has 128 valence electrons. The third-order valence-corrected chi connectivity index (χ3v) is 4.01. The molecule has 2 N–H and O–H groups in total. The molecule has 2 amide bonds. The van der Waals surface area contributed by atoms with E-state index in [-0.39, 0.29) is 13.1 Å². The fraction of sp³-hybridized carbons (Fsp3) is 0.333. The van der Waals surface area contributed by atoms with Crippen LogP contribution < -0.4 is 10.6 Å². The molecule has 1 atom stereocenters. The Bertz CT molecular complexity index is 649. The summed E-state index contributed by atoms with van der Waals surface area (Å²) in [6.45, 7) is 2.35. The van der Waals surface area contributed by atoms with Crippen LogP contribution >= 0.6 is 0 Å². The number of ether oxygens (including phenoxy) is 1. The van der Waals surface area contributed by atoms with E-state index in [0.717, 1.165) is 5.56 Å². The highest BCUT2D eigenvalue weighted by Crippen LogP contribution is 2.27. The van der Waals surface area contributed by atoms with Crippen LogP contribution in [0.4, 0.5) is 0 Å². The number of carbonyl (C=O) groups excluding carboxylic acids is 2. The first-order chi connectivity index (χ1) is 11.6. The Kier molecular flexibility index (Phi) is 6.14. The van der Waals surface area contributed by atoms with Gasteiger partial charge in [-0.25, -0.2) is 0 Å². The summed E-state index contributed by atoms with van der Waals surface area (Å²) in [6.07, 6.45) is 2.16. The molecule has 1 aromatic carbocycles. The molecule has 2 rings (SSSR count). The van der Waals surface area contributed by atoms with Crippen molar-refractivity contribution in [1.29, 1.82) is 0 Å². The van der Waals surface area contributed by atoms with Crippen molar-refractivity contribution in [3.63, 3.8) is 0 Å². The Morgan fingerprint density at radius 2 is 1.79 bits per heavy atom. The first-order valence-electron chi connectivity index (χ1n) is 7.80. The molecule has 1 heterocycles. The number of hydrogen-bond acceptors (Lipinski definition) is 4. The second kappa shape index (κ2) is 8.31. The number of rotatable bonds is 7. The number of hydrogen-bond donors (Lipinski definition) is 2. The molecular formula is C18H22N2O4. The normalized spacial score (nSPS) is 13.1. The van der Waals surface area contributed by atoms with Crippen molar-refractivity contribution in [2.75, 3.05) is 13.7 Å². The van der Waals surface area contributed by atoms with E-state index in [1.165, 1.54) is 6.26 Å². The van der Waals surface area contributed by atoms with E-state index in [1.807, 2.05) is 37.3 Å². The van der Waals surface area contributed by atoms with Gasteiger partial charge in [-0.3, -0.25) is 9.59 Å². The molecular weight excluding hydrogens is 308 g/mol. The summed E-state index contributed by atoms with van der Waals surface area (Å²) in [7, 11) is 1.60. The number of nitrogens with one attached hydrogen (secondary N) is 2. The topological polar surface area (TPSA) is 80.6 Å². The van der Waals surface area contributed by atoms with Gasteiger partial charge in [0, 0.05) is 7.11 Å². The minimum Gasteiger partial charge on any atom is -0.467 e. The minimum absolute atomic E-state index is 0.168. The van der Waals surface area contributed by atoms with E-state index in [4.69, 9.17) is 9.15 Å². The molecule has 6 nitrogen and oxygen atoms in total. The molecule has 0 saturated heterocycles. The number of amides is 2. The quantitative estimate of drug-likeness (QED) is 0.761. The standard InChI is InChI=1S/C18H22N2O4/c1-3-18(23-2,14-8-5-4-6-9-14)13-20-17(22)16(21)19-12-15-10-7-11-24-15/h4-11H,3,12-13H2,1-2H3,(H,19,21)(H,20,22)/t18-/m0/s1. The number of benzene rings is 1. The zero-order chi connectivity index (χ0) is 17.4. The summed E-state index contributed by atoms with van der Waals surface area (Å²) in [6, 6.07) is 13.1. The van der Waals surface area contributed by atoms with E-state index in [0.29, 0.717) is 12.2 Å². The molecule has 2 aromatic rings. The van der Waals surface area contributed by atoms with E-state index < -0.39 is 17.4 Å². The Morgan fingerprint density at radius 1 is 1.08 bits per heavy atom. The van der Waals surface area contributed by atoms with Crippen LogP contribution in [0.3, 0.4) is 0 Å². The van der Waals surface area contributed by atoms with Gasteiger partial charge in [0.1, 0.15) is 11.4 Å². The first-order valence-corrected chi connectivity index (χ1v) is 7.80. The second-order valence-corrected chi connectivity index (χ2v) is 5.36. The fourth-order valence-electron chi connectivity index (χ4n) is 2.47. The van der Waals surface area contributed by atoms with Gasteiger partial charge in [-0.15, -0.1) is 0 Å². The molecule has 0 spiro atoms. The van der Waals surface area contributed by atoms with E-state index in [9.17, 15) is 9.59 Å².